The van der Waals surface area contributed by atoms with E-state index < -0.39 is 10.1 Å². The molecule has 0 heterocycles. The minimum absolute atomic E-state index is 0. The maximum absolute atomic E-state index is 12.1. The fourth-order valence-electron chi connectivity index (χ4n) is 5.58. The molecule has 0 fully saturated rings. The Hall–Kier alpha value is 0.246. The molecule has 39 heavy (non-hydrogen) atoms. The predicted molar refractivity (Wildman–Crippen MR) is 163 cm³/mol. The van der Waals surface area contributed by atoms with Crippen molar-refractivity contribution in [2.24, 2.45) is 0 Å². The zero-order chi connectivity index (χ0) is 27.5. The maximum Gasteiger partial charge on any atom is 1.00 e. The van der Waals surface area contributed by atoms with Gasteiger partial charge in [0, 0.05) is 0 Å². The monoisotopic (exact) mass is 582 g/mol. The molecule has 0 aromatic heterocycles. The molecule has 0 amide bonds. The van der Waals surface area contributed by atoms with Crippen molar-refractivity contribution < 1.29 is 64.4 Å². The first kappa shape index (κ1) is 37.3. The van der Waals surface area contributed by atoms with Crippen LogP contribution in [0.2, 0.25) is 0 Å². The average molecular weight is 583 g/mol. The summed E-state index contributed by atoms with van der Waals surface area (Å²) < 4.78 is 36.2. The number of rotatable bonds is 23. The fraction of sp³-hybridized carbons (Fsp3) is 0.706. The molecule has 0 radical (unpaired) electrons. The molecule has 0 atom stereocenters. The molecule has 2 aromatic carbocycles. The normalized spacial score (nSPS) is 11.7. The van der Waals surface area contributed by atoms with Gasteiger partial charge in [0.1, 0.15) is 10.1 Å². The van der Waals surface area contributed by atoms with Gasteiger partial charge in [-0.25, -0.2) is 8.42 Å². The van der Waals surface area contributed by atoms with Crippen molar-refractivity contribution in [1.82, 2.24) is 0 Å². The Labute approximate surface area is 283 Å². The summed E-state index contributed by atoms with van der Waals surface area (Å²) in [6, 6.07) is 9.93. The average Bonchev–Trinajstić information content (AvgIpc) is 2.89. The quantitative estimate of drug-likeness (QED) is 0.0767. The van der Waals surface area contributed by atoms with Crippen LogP contribution in [-0.2, 0) is 23.0 Å². The molecule has 3 nitrogen and oxygen atoms in total. The largest absolute Gasteiger partial charge is 1.00 e. The van der Waals surface area contributed by atoms with Gasteiger partial charge in [0.2, 0.25) is 0 Å². The second-order valence-corrected chi connectivity index (χ2v) is 12.8. The van der Waals surface area contributed by atoms with Crippen LogP contribution in [0, 0.1) is 0 Å². The van der Waals surface area contributed by atoms with E-state index in [1.165, 1.54) is 115 Å². The molecule has 0 aliphatic carbocycles. The van der Waals surface area contributed by atoms with Crippen LogP contribution >= 0.6 is 0 Å². The van der Waals surface area contributed by atoms with Gasteiger partial charge < -0.3 is 4.55 Å². The molecule has 2 aromatic rings. The van der Waals surface area contributed by atoms with Gasteiger partial charge in [0.15, 0.2) is 0 Å². The van der Waals surface area contributed by atoms with Gasteiger partial charge >= 0.3 is 51.4 Å². The van der Waals surface area contributed by atoms with Gasteiger partial charge in [0.25, 0.3) is 0 Å². The summed E-state index contributed by atoms with van der Waals surface area (Å²) in [6.07, 6.45) is 27.3. The van der Waals surface area contributed by atoms with E-state index in [0.29, 0.717) is 12.0 Å². The van der Waals surface area contributed by atoms with Crippen LogP contribution in [0.4, 0.5) is 0 Å². The van der Waals surface area contributed by atoms with Crippen molar-refractivity contribution in [2.45, 2.75) is 160 Å². The molecule has 0 spiro atoms. The van der Waals surface area contributed by atoms with Crippen molar-refractivity contribution in [3.63, 3.8) is 0 Å². The van der Waals surface area contributed by atoms with Crippen molar-refractivity contribution in [3.8, 4) is 0 Å². The molecule has 0 N–H and O–H groups in total. The molecule has 0 saturated heterocycles. The van der Waals surface area contributed by atoms with Crippen LogP contribution in [0.5, 0.6) is 0 Å². The third-order valence-corrected chi connectivity index (χ3v) is 8.89. The van der Waals surface area contributed by atoms with Crippen LogP contribution in [-0.4, -0.2) is 13.0 Å². The maximum atomic E-state index is 12.1. The number of hydrogen-bond acceptors (Lipinski definition) is 3. The number of fused-ring (bicyclic) bond motifs is 1. The second kappa shape index (κ2) is 22.8. The molecule has 0 bridgehead atoms. The van der Waals surface area contributed by atoms with Crippen molar-refractivity contribution in [3.05, 3.63) is 41.5 Å². The second-order valence-electron chi connectivity index (χ2n) is 11.5. The van der Waals surface area contributed by atoms with E-state index in [1.54, 1.807) is 6.07 Å². The molecular weight excluding hydrogens is 528 g/mol. The Morgan fingerprint density at radius 3 is 1.44 bits per heavy atom. The van der Waals surface area contributed by atoms with Crippen LogP contribution in [0.1, 0.15) is 153 Å². The summed E-state index contributed by atoms with van der Waals surface area (Å²) in [5, 5.41) is 1.90. The van der Waals surface area contributed by atoms with E-state index in [1.807, 2.05) is 6.07 Å². The smallest absolute Gasteiger partial charge is 0.744 e. The van der Waals surface area contributed by atoms with E-state index >= 15 is 0 Å². The molecule has 0 saturated carbocycles. The Balaban J connectivity index is 0.00000760. The van der Waals surface area contributed by atoms with Crippen LogP contribution in [0.3, 0.4) is 0 Å². The number of hydrogen-bond donors (Lipinski definition) is 0. The van der Waals surface area contributed by atoms with Crippen molar-refractivity contribution in [2.75, 3.05) is 0 Å². The zero-order valence-electron chi connectivity index (χ0n) is 25.6. The summed E-state index contributed by atoms with van der Waals surface area (Å²) >= 11 is 0. The molecule has 216 valence electrons. The van der Waals surface area contributed by atoms with E-state index in [-0.39, 0.29) is 56.3 Å². The standard InChI is InChI=1S/C34H56O3S.K/c1-3-5-7-9-11-13-15-17-19-21-23-30-25-26-31-28-32(34(38(35,36)37)29-33(31)27-30)24-22-20-18-16-14-12-10-8-6-4-2;/h25-29H,3-24H2,1-2H3,(H,35,36,37);/q;+1/p-1. The summed E-state index contributed by atoms with van der Waals surface area (Å²) in [5.41, 5.74) is 1.92. The van der Waals surface area contributed by atoms with Gasteiger partial charge in [-0.05, 0) is 59.7 Å². The first-order valence-corrected chi connectivity index (χ1v) is 17.4. The van der Waals surface area contributed by atoms with Crippen LogP contribution in [0.25, 0.3) is 10.8 Å². The van der Waals surface area contributed by atoms with E-state index in [2.05, 4.69) is 32.0 Å². The third-order valence-electron chi connectivity index (χ3n) is 7.97. The molecular formula is C34H55KO3S. The Kier molecular flexibility index (Phi) is 21.8. The van der Waals surface area contributed by atoms with Crippen LogP contribution in [0.15, 0.2) is 35.2 Å². The molecule has 2 rings (SSSR count). The number of aryl methyl sites for hydroxylation is 2. The van der Waals surface area contributed by atoms with Gasteiger partial charge in [-0.1, -0.05) is 148 Å². The summed E-state index contributed by atoms with van der Waals surface area (Å²) in [4.78, 5) is -0.0167. The number of unbranched alkanes of at least 4 members (excludes halogenated alkanes) is 18. The third kappa shape index (κ3) is 16.5. The van der Waals surface area contributed by atoms with Gasteiger partial charge in [-0.3, -0.25) is 0 Å². The topological polar surface area (TPSA) is 57.2 Å². The molecule has 0 aliphatic rings. The van der Waals surface area contributed by atoms with Gasteiger partial charge in [0.05, 0.1) is 4.90 Å². The zero-order valence-corrected chi connectivity index (χ0v) is 29.5. The number of benzene rings is 2. The van der Waals surface area contributed by atoms with E-state index in [4.69, 9.17) is 0 Å². The summed E-state index contributed by atoms with van der Waals surface area (Å²) in [6.45, 7) is 4.51. The van der Waals surface area contributed by atoms with Crippen molar-refractivity contribution in [1.29, 1.82) is 0 Å². The summed E-state index contributed by atoms with van der Waals surface area (Å²) in [7, 11) is -4.49. The molecule has 5 heteroatoms. The Bertz CT molecular complexity index is 1000. The fourth-order valence-corrected chi connectivity index (χ4v) is 6.33. The Morgan fingerprint density at radius 2 is 0.974 bits per heavy atom. The van der Waals surface area contributed by atoms with Gasteiger partial charge in [-0.2, -0.15) is 0 Å². The Morgan fingerprint density at radius 1 is 0.538 bits per heavy atom. The van der Waals surface area contributed by atoms with E-state index in [0.717, 1.165) is 36.5 Å². The molecule has 0 aliphatic heterocycles. The first-order chi connectivity index (χ1) is 18.5. The van der Waals surface area contributed by atoms with Gasteiger partial charge in [-0.15, -0.1) is 0 Å². The van der Waals surface area contributed by atoms with E-state index in [9.17, 15) is 13.0 Å². The van der Waals surface area contributed by atoms with Crippen molar-refractivity contribution >= 4 is 20.9 Å². The first-order valence-electron chi connectivity index (χ1n) is 16.0. The minimum atomic E-state index is -4.49. The predicted octanol–water partition coefficient (Wildman–Crippen LogP) is 7.67. The minimum Gasteiger partial charge on any atom is -0.744 e. The van der Waals surface area contributed by atoms with Crippen LogP contribution < -0.4 is 51.4 Å². The SMILES string of the molecule is CCCCCCCCCCCCc1ccc2cc(CCCCCCCCCCCC)c(S(=O)(=O)[O-])cc2c1.[K+]. The summed E-state index contributed by atoms with van der Waals surface area (Å²) in [5.74, 6) is 0. The molecule has 0 unspecified atom stereocenters.